The first-order valence-electron chi connectivity index (χ1n) is 7.97. The van der Waals surface area contributed by atoms with Crippen LogP contribution in [0.15, 0.2) is 29.3 Å². The zero-order valence-corrected chi connectivity index (χ0v) is 17.6. The van der Waals surface area contributed by atoms with E-state index in [2.05, 4.69) is 27.2 Å². The van der Waals surface area contributed by atoms with Crippen molar-refractivity contribution in [1.82, 2.24) is 16.0 Å². The van der Waals surface area contributed by atoms with E-state index in [1.165, 1.54) is 19.3 Å². The summed E-state index contributed by atoms with van der Waals surface area (Å²) >= 11 is 1.95. The maximum absolute atomic E-state index is 11.7. The minimum Gasteiger partial charge on any atom is -0.355 e. The third-order valence-corrected chi connectivity index (χ3v) is 5.25. The van der Waals surface area contributed by atoms with Crippen molar-refractivity contribution in [2.75, 3.05) is 20.4 Å². The Bertz CT molecular complexity index is 567. The Kier molecular flexibility index (Phi) is 9.50. The number of carbonyl (C=O) groups is 1. The maximum atomic E-state index is 11.7. The highest BCUT2D eigenvalue weighted by Gasteiger charge is 2.24. The zero-order valence-electron chi connectivity index (χ0n) is 14.5. The van der Waals surface area contributed by atoms with Crippen molar-refractivity contribution in [3.8, 4) is 0 Å². The molecule has 3 N–H and O–H groups in total. The number of nitrogens with zero attached hydrogens (tertiary/aromatic N) is 1. The Morgan fingerprint density at radius 1 is 1.38 bits per heavy atom. The summed E-state index contributed by atoms with van der Waals surface area (Å²) in [5.74, 6) is 0.755. The fourth-order valence-electron chi connectivity index (χ4n) is 2.83. The molecule has 2 rings (SSSR count). The minimum absolute atomic E-state index is 0. The number of thioether (sulfide) groups is 1. The van der Waals surface area contributed by atoms with Crippen LogP contribution in [-0.4, -0.2) is 43.5 Å². The Balaban J connectivity index is 0.00000288. The van der Waals surface area contributed by atoms with Crippen molar-refractivity contribution >= 4 is 47.6 Å². The fraction of sp³-hybridized carbons (Fsp3) is 0.529. The van der Waals surface area contributed by atoms with E-state index >= 15 is 0 Å². The van der Waals surface area contributed by atoms with Gasteiger partial charge in [-0.05, 0) is 43.2 Å². The number of halogens is 1. The van der Waals surface area contributed by atoms with E-state index in [4.69, 9.17) is 0 Å². The first kappa shape index (κ1) is 21.1. The van der Waals surface area contributed by atoms with Crippen LogP contribution in [-0.2, 0) is 6.54 Å². The summed E-state index contributed by atoms with van der Waals surface area (Å²) in [5.41, 5.74) is 1.73. The Hall–Kier alpha value is -0.960. The molecular weight excluding hydrogens is 435 g/mol. The van der Waals surface area contributed by atoms with Gasteiger partial charge < -0.3 is 16.0 Å². The van der Waals surface area contributed by atoms with Crippen LogP contribution in [0.5, 0.6) is 0 Å². The molecular formula is C17H27IN4OS. The number of amides is 1. The van der Waals surface area contributed by atoms with E-state index in [-0.39, 0.29) is 29.9 Å². The minimum atomic E-state index is -0.0663. The first-order chi connectivity index (χ1) is 11.2. The molecule has 7 heteroatoms. The van der Waals surface area contributed by atoms with Crippen LogP contribution in [0, 0.1) is 0 Å². The quantitative estimate of drug-likeness (QED) is 0.358. The largest absolute Gasteiger partial charge is 0.355 e. The molecule has 1 saturated carbocycles. The fourth-order valence-corrected chi connectivity index (χ4v) is 3.62. The molecule has 5 nitrogen and oxygen atoms in total. The van der Waals surface area contributed by atoms with E-state index in [1.54, 1.807) is 14.1 Å². The van der Waals surface area contributed by atoms with Gasteiger partial charge in [-0.25, -0.2) is 0 Å². The molecule has 0 spiro atoms. The molecule has 0 bridgehead atoms. The van der Waals surface area contributed by atoms with Gasteiger partial charge in [-0.1, -0.05) is 12.1 Å². The Morgan fingerprint density at radius 2 is 2.17 bits per heavy atom. The van der Waals surface area contributed by atoms with Gasteiger partial charge in [0.25, 0.3) is 5.91 Å². The molecule has 1 aromatic rings. The predicted molar refractivity (Wildman–Crippen MR) is 114 cm³/mol. The zero-order chi connectivity index (χ0) is 16.7. The summed E-state index contributed by atoms with van der Waals surface area (Å²) in [6.45, 7) is 0.642. The topological polar surface area (TPSA) is 65.5 Å². The van der Waals surface area contributed by atoms with Crippen molar-refractivity contribution in [1.29, 1.82) is 0 Å². The predicted octanol–water partition coefficient (Wildman–Crippen LogP) is 2.61. The standard InChI is InChI=1S/C17H26N4OS.HI/c1-18-16(22)13-6-4-5-12(9-13)11-20-17(19-2)21-14-7-8-15(10-14)23-3;/h4-6,9,14-15H,7-8,10-11H2,1-3H3,(H,18,22)(H2,19,20,21);1H. The molecule has 2 atom stereocenters. The molecule has 2 unspecified atom stereocenters. The normalized spacial score (nSPS) is 20.2. The highest BCUT2D eigenvalue weighted by atomic mass is 127. The maximum Gasteiger partial charge on any atom is 0.251 e. The Labute approximate surface area is 165 Å². The molecule has 1 aliphatic rings. The average Bonchev–Trinajstić information content (AvgIpc) is 3.05. The molecule has 0 radical (unpaired) electrons. The van der Waals surface area contributed by atoms with Gasteiger partial charge in [-0.3, -0.25) is 9.79 Å². The second-order valence-corrected chi connectivity index (χ2v) is 6.86. The van der Waals surface area contributed by atoms with Crippen LogP contribution in [0.25, 0.3) is 0 Å². The number of hydrogen-bond acceptors (Lipinski definition) is 3. The van der Waals surface area contributed by atoms with Gasteiger partial charge in [-0.15, -0.1) is 24.0 Å². The number of rotatable bonds is 5. The summed E-state index contributed by atoms with van der Waals surface area (Å²) in [4.78, 5) is 16.0. The van der Waals surface area contributed by atoms with E-state index < -0.39 is 0 Å². The summed E-state index contributed by atoms with van der Waals surface area (Å²) in [6.07, 6.45) is 5.83. The highest BCUT2D eigenvalue weighted by molar-refractivity contribution is 14.0. The molecule has 0 saturated heterocycles. The van der Waals surface area contributed by atoms with Gasteiger partial charge in [-0.2, -0.15) is 11.8 Å². The lowest BCUT2D eigenvalue weighted by Crippen LogP contribution is -2.42. The monoisotopic (exact) mass is 462 g/mol. The summed E-state index contributed by atoms with van der Waals surface area (Å²) in [7, 11) is 3.43. The third kappa shape index (κ3) is 6.16. The smallest absolute Gasteiger partial charge is 0.251 e. The van der Waals surface area contributed by atoms with E-state index in [1.807, 2.05) is 36.0 Å². The molecule has 1 aliphatic carbocycles. The van der Waals surface area contributed by atoms with Gasteiger partial charge >= 0.3 is 0 Å². The van der Waals surface area contributed by atoms with Crippen molar-refractivity contribution in [2.45, 2.75) is 37.1 Å². The number of benzene rings is 1. The molecule has 24 heavy (non-hydrogen) atoms. The van der Waals surface area contributed by atoms with Crippen LogP contribution in [0.3, 0.4) is 0 Å². The van der Waals surface area contributed by atoms with Crippen LogP contribution in [0.4, 0.5) is 0 Å². The molecule has 1 fully saturated rings. The van der Waals surface area contributed by atoms with Crippen molar-refractivity contribution < 1.29 is 4.79 Å². The molecule has 0 aliphatic heterocycles. The summed E-state index contributed by atoms with van der Waals surface area (Å²) in [6, 6.07) is 8.12. The third-order valence-electron chi connectivity index (χ3n) is 4.16. The second kappa shape index (κ2) is 10.8. The van der Waals surface area contributed by atoms with Gasteiger partial charge in [0.15, 0.2) is 5.96 Å². The van der Waals surface area contributed by atoms with Gasteiger partial charge in [0.1, 0.15) is 0 Å². The first-order valence-corrected chi connectivity index (χ1v) is 9.26. The SMILES string of the molecule is CN=C(NCc1cccc(C(=O)NC)c1)NC1CCC(SC)C1.I. The Morgan fingerprint density at radius 3 is 2.79 bits per heavy atom. The van der Waals surface area contributed by atoms with Crippen molar-refractivity contribution in [2.24, 2.45) is 4.99 Å². The number of nitrogens with one attached hydrogen (secondary N) is 3. The van der Waals surface area contributed by atoms with Crippen LogP contribution in [0.1, 0.15) is 35.2 Å². The lowest BCUT2D eigenvalue weighted by molar-refractivity contribution is 0.0963. The van der Waals surface area contributed by atoms with Crippen molar-refractivity contribution in [3.63, 3.8) is 0 Å². The second-order valence-electron chi connectivity index (χ2n) is 5.72. The van der Waals surface area contributed by atoms with Gasteiger partial charge in [0.2, 0.25) is 0 Å². The average molecular weight is 462 g/mol. The summed E-state index contributed by atoms with van der Waals surface area (Å²) < 4.78 is 0. The number of carbonyl (C=O) groups excluding carboxylic acids is 1. The van der Waals surface area contributed by atoms with E-state index in [0.29, 0.717) is 18.2 Å². The number of guanidine groups is 1. The van der Waals surface area contributed by atoms with E-state index in [9.17, 15) is 4.79 Å². The molecule has 0 heterocycles. The molecule has 134 valence electrons. The molecule has 0 aromatic heterocycles. The summed E-state index contributed by atoms with van der Waals surface area (Å²) in [5, 5.41) is 10.2. The van der Waals surface area contributed by atoms with Crippen LogP contribution in [0.2, 0.25) is 0 Å². The number of hydrogen-bond donors (Lipinski definition) is 3. The van der Waals surface area contributed by atoms with E-state index in [0.717, 1.165) is 16.8 Å². The molecule has 1 aromatic carbocycles. The van der Waals surface area contributed by atoms with Crippen LogP contribution < -0.4 is 16.0 Å². The van der Waals surface area contributed by atoms with Gasteiger partial charge in [0, 0.05) is 37.5 Å². The molecule has 1 amide bonds. The number of aliphatic imine (C=N–C) groups is 1. The van der Waals surface area contributed by atoms with Crippen molar-refractivity contribution in [3.05, 3.63) is 35.4 Å². The highest BCUT2D eigenvalue weighted by Crippen LogP contribution is 2.27. The van der Waals surface area contributed by atoms with Gasteiger partial charge in [0.05, 0.1) is 0 Å². The van der Waals surface area contributed by atoms with Crippen LogP contribution >= 0.6 is 35.7 Å². The lowest BCUT2D eigenvalue weighted by Gasteiger charge is -2.17. The lowest BCUT2D eigenvalue weighted by atomic mass is 10.1.